The van der Waals surface area contributed by atoms with E-state index in [1.807, 2.05) is 13.8 Å². The minimum absolute atomic E-state index is 0.0709. The highest BCUT2D eigenvalue weighted by Gasteiger charge is 2.46. The third-order valence-corrected chi connectivity index (χ3v) is 3.90. The van der Waals surface area contributed by atoms with Gasteiger partial charge in [-0.3, -0.25) is 0 Å². The van der Waals surface area contributed by atoms with E-state index in [4.69, 9.17) is 9.52 Å². The van der Waals surface area contributed by atoms with E-state index in [1.165, 1.54) is 0 Å². The van der Waals surface area contributed by atoms with Crippen LogP contribution in [-0.2, 0) is 11.6 Å². The molecule has 118 valence electrons. The van der Waals surface area contributed by atoms with Crippen molar-refractivity contribution in [3.63, 3.8) is 0 Å². The molecule has 1 aromatic heterocycles. The molecule has 1 aliphatic rings. The lowest BCUT2D eigenvalue weighted by Crippen LogP contribution is -2.25. The van der Waals surface area contributed by atoms with Crippen LogP contribution in [0.15, 0.2) is 4.42 Å². The second-order valence-corrected chi connectivity index (χ2v) is 6.09. The Kier molecular flexibility index (Phi) is 4.04. The number of carbonyl (C=O) groups is 1. The van der Waals surface area contributed by atoms with E-state index in [9.17, 15) is 18.0 Å². The third-order valence-electron chi connectivity index (χ3n) is 3.90. The number of halogens is 3. The lowest BCUT2D eigenvalue weighted by molar-refractivity contribution is -0.141. The van der Waals surface area contributed by atoms with Crippen molar-refractivity contribution in [1.82, 2.24) is 4.98 Å². The standard InChI is InChI=1S/C14H18F3NO3/c1-8(2)7-13(5-3-4-6-13)12-18-10(14(15,16)17)9(21-12)11(19)20/h8H,3-7H2,1-2H3,(H,19,20). The van der Waals surface area contributed by atoms with Gasteiger partial charge in [0.15, 0.2) is 5.69 Å². The van der Waals surface area contributed by atoms with Gasteiger partial charge in [-0.05, 0) is 25.2 Å². The average Bonchev–Trinajstić information content (AvgIpc) is 2.92. The molecule has 0 aromatic carbocycles. The van der Waals surface area contributed by atoms with Crippen molar-refractivity contribution in [2.75, 3.05) is 0 Å². The van der Waals surface area contributed by atoms with E-state index in [0.29, 0.717) is 19.3 Å². The second-order valence-electron chi connectivity index (χ2n) is 6.09. The molecule has 21 heavy (non-hydrogen) atoms. The van der Waals surface area contributed by atoms with Gasteiger partial charge in [0.1, 0.15) is 0 Å². The summed E-state index contributed by atoms with van der Waals surface area (Å²) < 4.78 is 43.8. The smallest absolute Gasteiger partial charge is 0.437 e. The van der Waals surface area contributed by atoms with Crippen LogP contribution >= 0.6 is 0 Å². The molecule has 1 fully saturated rings. The van der Waals surface area contributed by atoms with Crippen LogP contribution < -0.4 is 0 Å². The molecule has 7 heteroatoms. The number of hydrogen-bond acceptors (Lipinski definition) is 3. The van der Waals surface area contributed by atoms with Crippen LogP contribution in [0.3, 0.4) is 0 Å². The molecule has 0 radical (unpaired) electrons. The van der Waals surface area contributed by atoms with E-state index in [-0.39, 0.29) is 11.8 Å². The van der Waals surface area contributed by atoms with Crippen molar-refractivity contribution in [1.29, 1.82) is 0 Å². The van der Waals surface area contributed by atoms with Gasteiger partial charge in [0.2, 0.25) is 11.7 Å². The first-order chi connectivity index (χ1) is 9.66. The van der Waals surface area contributed by atoms with Crippen molar-refractivity contribution >= 4 is 5.97 Å². The Labute approximate surface area is 120 Å². The number of carboxylic acids is 1. The molecule has 0 bridgehead atoms. The van der Waals surface area contributed by atoms with E-state index in [0.717, 1.165) is 12.8 Å². The SMILES string of the molecule is CC(C)CC1(c2nc(C(F)(F)F)c(C(=O)O)o2)CCCC1. The summed E-state index contributed by atoms with van der Waals surface area (Å²) in [6, 6.07) is 0. The number of alkyl halides is 3. The molecule has 0 spiro atoms. The second kappa shape index (κ2) is 5.35. The van der Waals surface area contributed by atoms with Crippen molar-refractivity contribution in [3.8, 4) is 0 Å². The summed E-state index contributed by atoms with van der Waals surface area (Å²) >= 11 is 0. The molecule has 2 rings (SSSR count). The van der Waals surface area contributed by atoms with Gasteiger partial charge in [-0.15, -0.1) is 0 Å². The van der Waals surface area contributed by atoms with Gasteiger partial charge in [0.25, 0.3) is 0 Å². The molecule has 4 nitrogen and oxygen atoms in total. The van der Waals surface area contributed by atoms with Crippen LogP contribution in [-0.4, -0.2) is 16.1 Å². The van der Waals surface area contributed by atoms with Crippen LogP contribution in [0.5, 0.6) is 0 Å². The van der Waals surface area contributed by atoms with Crippen LogP contribution in [0.25, 0.3) is 0 Å². The summed E-state index contributed by atoms with van der Waals surface area (Å²) in [7, 11) is 0. The molecular weight excluding hydrogens is 287 g/mol. The molecule has 0 amide bonds. The lowest BCUT2D eigenvalue weighted by atomic mass is 9.78. The summed E-state index contributed by atoms with van der Waals surface area (Å²) in [6.45, 7) is 3.96. The minimum Gasteiger partial charge on any atom is -0.475 e. The van der Waals surface area contributed by atoms with Gasteiger partial charge in [0.05, 0.1) is 0 Å². The Morgan fingerprint density at radius 3 is 2.33 bits per heavy atom. The van der Waals surface area contributed by atoms with Gasteiger partial charge in [-0.2, -0.15) is 13.2 Å². The summed E-state index contributed by atoms with van der Waals surface area (Å²) in [4.78, 5) is 14.5. The molecule has 1 aromatic rings. The molecule has 1 aliphatic carbocycles. The number of hydrogen-bond donors (Lipinski definition) is 1. The fourth-order valence-corrected chi connectivity index (χ4v) is 3.22. The molecule has 1 N–H and O–H groups in total. The van der Waals surface area contributed by atoms with Crippen molar-refractivity contribution in [2.45, 2.75) is 57.5 Å². The van der Waals surface area contributed by atoms with Crippen LogP contribution in [0.4, 0.5) is 13.2 Å². The van der Waals surface area contributed by atoms with Gasteiger partial charge in [-0.25, -0.2) is 9.78 Å². The highest BCUT2D eigenvalue weighted by molar-refractivity contribution is 5.85. The molecule has 0 aliphatic heterocycles. The predicted molar refractivity (Wildman–Crippen MR) is 68.1 cm³/mol. The number of aromatic nitrogens is 1. The van der Waals surface area contributed by atoms with E-state index < -0.39 is 29.0 Å². The average molecular weight is 305 g/mol. The molecule has 0 atom stereocenters. The number of rotatable bonds is 4. The highest BCUT2D eigenvalue weighted by atomic mass is 19.4. The lowest BCUT2D eigenvalue weighted by Gasteiger charge is -2.27. The van der Waals surface area contributed by atoms with Gasteiger partial charge < -0.3 is 9.52 Å². The van der Waals surface area contributed by atoms with Crippen LogP contribution in [0.1, 0.15) is 68.1 Å². The Bertz CT molecular complexity index is 528. The zero-order valence-corrected chi connectivity index (χ0v) is 12.0. The number of oxazole rings is 1. The minimum atomic E-state index is -4.83. The summed E-state index contributed by atoms with van der Waals surface area (Å²) in [6.07, 6.45) is -1.04. The zero-order valence-electron chi connectivity index (χ0n) is 12.0. The monoisotopic (exact) mass is 305 g/mol. The molecule has 1 saturated carbocycles. The van der Waals surface area contributed by atoms with E-state index in [2.05, 4.69) is 4.98 Å². The van der Waals surface area contributed by atoms with Crippen LogP contribution in [0, 0.1) is 5.92 Å². The Hall–Kier alpha value is -1.53. The van der Waals surface area contributed by atoms with Crippen LogP contribution in [0.2, 0.25) is 0 Å². The molecule has 0 unspecified atom stereocenters. The third kappa shape index (κ3) is 3.06. The number of aromatic carboxylic acids is 1. The highest BCUT2D eigenvalue weighted by Crippen LogP contribution is 2.46. The van der Waals surface area contributed by atoms with Gasteiger partial charge >= 0.3 is 12.1 Å². The molecule has 0 saturated heterocycles. The Balaban J connectivity index is 2.50. The van der Waals surface area contributed by atoms with Gasteiger partial charge in [0, 0.05) is 5.41 Å². The largest absolute Gasteiger partial charge is 0.475 e. The van der Waals surface area contributed by atoms with E-state index in [1.54, 1.807) is 0 Å². The van der Waals surface area contributed by atoms with Crippen molar-refractivity contribution in [3.05, 3.63) is 17.3 Å². The normalized spacial score (nSPS) is 18.4. The fourth-order valence-electron chi connectivity index (χ4n) is 3.22. The van der Waals surface area contributed by atoms with Gasteiger partial charge in [-0.1, -0.05) is 26.7 Å². The maximum atomic E-state index is 12.9. The Morgan fingerprint density at radius 2 is 1.95 bits per heavy atom. The van der Waals surface area contributed by atoms with E-state index >= 15 is 0 Å². The molecular formula is C14H18F3NO3. The predicted octanol–water partition coefficient (Wildman–Crippen LogP) is 4.25. The summed E-state index contributed by atoms with van der Waals surface area (Å²) in [5.74, 6) is -2.65. The first-order valence-corrected chi connectivity index (χ1v) is 6.97. The number of nitrogens with zero attached hydrogens (tertiary/aromatic N) is 1. The Morgan fingerprint density at radius 1 is 1.38 bits per heavy atom. The summed E-state index contributed by atoms with van der Waals surface area (Å²) in [5.41, 5.74) is -2.00. The maximum absolute atomic E-state index is 12.9. The quantitative estimate of drug-likeness (QED) is 0.903. The first-order valence-electron chi connectivity index (χ1n) is 6.97. The molecule has 1 heterocycles. The fraction of sp³-hybridized carbons (Fsp3) is 0.714. The number of carboxylic acid groups (broad SMARTS) is 1. The topological polar surface area (TPSA) is 63.3 Å². The summed E-state index contributed by atoms with van der Waals surface area (Å²) in [5, 5.41) is 8.92. The maximum Gasteiger partial charge on any atom is 0.437 e. The van der Waals surface area contributed by atoms with Crippen molar-refractivity contribution in [2.24, 2.45) is 5.92 Å². The zero-order chi connectivity index (χ0) is 15.8. The first kappa shape index (κ1) is 15.9. The van der Waals surface area contributed by atoms with Crippen molar-refractivity contribution < 1.29 is 27.5 Å².